The summed E-state index contributed by atoms with van der Waals surface area (Å²) in [6.45, 7) is 1.81. The summed E-state index contributed by atoms with van der Waals surface area (Å²) in [6.07, 6.45) is 6.38. The number of benzene rings is 1. The number of nitriles is 1. The number of carbonyl (C=O) groups excluding carboxylic acids is 1. The van der Waals surface area contributed by atoms with E-state index in [4.69, 9.17) is 4.42 Å². The van der Waals surface area contributed by atoms with E-state index in [0.717, 1.165) is 48.6 Å². The van der Waals surface area contributed by atoms with Gasteiger partial charge in [0, 0.05) is 24.1 Å². The van der Waals surface area contributed by atoms with Crippen LogP contribution in [0.5, 0.6) is 0 Å². The monoisotopic (exact) mass is 409 g/mol. The van der Waals surface area contributed by atoms with Gasteiger partial charge in [-0.1, -0.05) is 49.2 Å². The van der Waals surface area contributed by atoms with Crippen LogP contribution in [-0.2, 0) is 4.79 Å². The largest absolute Gasteiger partial charge is 0.411 e. The molecule has 1 N–H and O–H groups in total. The first-order valence-electron chi connectivity index (χ1n) is 9.80. The maximum absolute atomic E-state index is 13.0. The highest BCUT2D eigenvalue weighted by molar-refractivity contribution is 8.00. The summed E-state index contributed by atoms with van der Waals surface area (Å²) >= 11 is 1.23. The molecule has 1 saturated carbocycles. The molecule has 2 heterocycles. The molecule has 1 amide bonds. The van der Waals surface area contributed by atoms with Crippen molar-refractivity contribution in [3.8, 4) is 17.5 Å². The number of rotatable bonds is 5. The zero-order valence-corrected chi connectivity index (χ0v) is 17.3. The van der Waals surface area contributed by atoms with E-state index in [0.29, 0.717) is 11.1 Å². The first kappa shape index (κ1) is 19.5. The van der Waals surface area contributed by atoms with Crippen LogP contribution in [0.15, 0.2) is 40.1 Å². The number of fused-ring (bicyclic) bond motifs is 1. The molecule has 0 saturated heterocycles. The van der Waals surface area contributed by atoms with E-state index in [1.54, 1.807) is 11.9 Å². The predicted molar refractivity (Wildman–Crippen MR) is 111 cm³/mol. The van der Waals surface area contributed by atoms with E-state index in [1.165, 1.54) is 11.8 Å². The van der Waals surface area contributed by atoms with Gasteiger partial charge >= 0.3 is 0 Å². The van der Waals surface area contributed by atoms with Crippen LogP contribution in [0, 0.1) is 11.3 Å². The summed E-state index contributed by atoms with van der Waals surface area (Å²) in [7, 11) is 1.74. The molecule has 7 nitrogen and oxygen atoms in total. The standard InChI is InChI=1S/C21H23N5O2S/c1-14(19(27)26(2)21(13-22)10-6-3-7-11-21)29-20-25-24-18(28-20)16-12-23-17-9-5-4-8-15(16)17/h4-5,8-9,12,14,23H,3,6-7,10-11H2,1-2H3/t14-/m1/s1. The third-order valence-corrected chi connectivity index (χ3v) is 6.63. The summed E-state index contributed by atoms with van der Waals surface area (Å²) in [5.41, 5.74) is 1.13. The maximum atomic E-state index is 13.0. The Hall–Kier alpha value is -2.79. The normalized spacial score (nSPS) is 17.0. The zero-order chi connectivity index (χ0) is 20.4. The molecule has 1 fully saturated rings. The van der Waals surface area contributed by atoms with Gasteiger partial charge in [-0.2, -0.15) is 5.26 Å². The van der Waals surface area contributed by atoms with Crippen LogP contribution in [0.25, 0.3) is 22.4 Å². The average molecular weight is 410 g/mol. The van der Waals surface area contributed by atoms with E-state index >= 15 is 0 Å². The van der Waals surface area contributed by atoms with E-state index in [-0.39, 0.29) is 5.91 Å². The first-order chi connectivity index (χ1) is 14.0. The number of amides is 1. The van der Waals surface area contributed by atoms with Gasteiger partial charge in [-0.25, -0.2) is 0 Å². The lowest BCUT2D eigenvalue weighted by molar-refractivity contribution is -0.133. The number of para-hydroxylation sites is 1. The Morgan fingerprint density at radius 1 is 1.31 bits per heavy atom. The molecule has 8 heteroatoms. The average Bonchev–Trinajstić information content (AvgIpc) is 3.39. The Bertz CT molecular complexity index is 1060. The highest BCUT2D eigenvalue weighted by Crippen LogP contribution is 2.35. The van der Waals surface area contributed by atoms with Crippen LogP contribution in [0.3, 0.4) is 0 Å². The molecule has 1 atom stereocenters. The van der Waals surface area contributed by atoms with Gasteiger partial charge < -0.3 is 14.3 Å². The summed E-state index contributed by atoms with van der Waals surface area (Å²) in [5, 5.41) is 18.9. The van der Waals surface area contributed by atoms with Gasteiger partial charge in [0.1, 0.15) is 5.54 Å². The van der Waals surface area contributed by atoms with Crippen molar-refractivity contribution in [2.45, 2.75) is 55.0 Å². The number of carbonyl (C=O) groups is 1. The lowest BCUT2D eigenvalue weighted by Gasteiger charge is -2.39. The SMILES string of the molecule is C[C@@H](Sc1nnc(-c2c[nH]c3ccccc23)o1)C(=O)N(C)C1(C#N)CCCCC1. The molecule has 150 valence electrons. The molecule has 2 aromatic heterocycles. The van der Waals surface area contributed by atoms with Crippen molar-refractivity contribution in [1.29, 1.82) is 5.26 Å². The Morgan fingerprint density at radius 3 is 2.83 bits per heavy atom. The third-order valence-electron chi connectivity index (χ3n) is 5.71. The summed E-state index contributed by atoms with van der Waals surface area (Å²) < 4.78 is 5.82. The Morgan fingerprint density at radius 2 is 2.07 bits per heavy atom. The van der Waals surface area contributed by atoms with Gasteiger partial charge in [-0.05, 0) is 25.8 Å². The van der Waals surface area contributed by atoms with Gasteiger partial charge in [0.25, 0.3) is 11.1 Å². The molecule has 1 aliphatic rings. The topological polar surface area (TPSA) is 98.8 Å². The van der Waals surface area contributed by atoms with Gasteiger partial charge in [0.15, 0.2) is 0 Å². The van der Waals surface area contributed by atoms with Crippen molar-refractivity contribution < 1.29 is 9.21 Å². The van der Waals surface area contributed by atoms with Crippen molar-refractivity contribution in [2.75, 3.05) is 7.05 Å². The molecule has 0 spiro atoms. The maximum Gasteiger partial charge on any atom is 0.277 e. The van der Waals surface area contributed by atoms with Crippen LogP contribution in [-0.4, -0.2) is 43.8 Å². The molecule has 0 unspecified atom stereocenters. The van der Waals surface area contributed by atoms with Gasteiger partial charge in [-0.3, -0.25) is 4.79 Å². The minimum atomic E-state index is -0.700. The van der Waals surface area contributed by atoms with Gasteiger partial charge in [-0.15, -0.1) is 10.2 Å². The number of thioether (sulfide) groups is 1. The van der Waals surface area contributed by atoms with Crippen molar-refractivity contribution >= 4 is 28.6 Å². The van der Waals surface area contributed by atoms with E-state index in [2.05, 4.69) is 21.3 Å². The molecule has 4 rings (SSSR count). The fourth-order valence-electron chi connectivity index (χ4n) is 3.96. The Balaban J connectivity index is 1.48. The summed E-state index contributed by atoms with van der Waals surface area (Å²) in [5.74, 6) is 0.323. The Labute approximate surface area is 173 Å². The highest BCUT2D eigenvalue weighted by atomic mass is 32.2. The second-order valence-corrected chi connectivity index (χ2v) is 8.77. The second-order valence-electron chi connectivity index (χ2n) is 7.48. The van der Waals surface area contributed by atoms with E-state index in [9.17, 15) is 10.1 Å². The summed E-state index contributed by atoms with van der Waals surface area (Å²) in [4.78, 5) is 17.8. The van der Waals surface area contributed by atoms with Crippen molar-refractivity contribution in [1.82, 2.24) is 20.1 Å². The van der Waals surface area contributed by atoms with Crippen LogP contribution in [0.2, 0.25) is 0 Å². The number of aromatic amines is 1. The van der Waals surface area contributed by atoms with Crippen molar-refractivity contribution in [3.63, 3.8) is 0 Å². The number of hydrogen-bond acceptors (Lipinski definition) is 6. The molecule has 29 heavy (non-hydrogen) atoms. The second kappa shape index (κ2) is 7.91. The summed E-state index contributed by atoms with van der Waals surface area (Å²) in [6, 6.07) is 10.3. The molecule has 1 aromatic carbocycles. The third kappa shape index (κ3) is 3.62. The lowest BCUT2D eigenvalue weighted by atomic mass is 9.81. The van der Waals surface area contributed by atoms with Crippen LogP contribution >= 0.6 is 11.8 Å². The quantitative estimate of drug-likeness (QED) is 0.628. The molecule has 1 aliphatic carbocycles. The molecular weight excluding hydrogens is 386 g/mol. The molecule has 0 bridgehead atoms. The minimum absolute atomic E-state index is 0.0923. The van der Waals surface area contributed by atoms with E-state index in [1.807, 2.05) is 37.4 Å². The van der Waals surface area contributed by atoms with E-state index < -0.39 is 10.8 Å². The highest BCUT2D eigenvalue weighted by Gasteiger charge is 2.40. The first-order valence-corrected chi connectivity index (χ1v) is 10.7. The van der Waals surface area contributed by atoms with Gasteiger partial charge in [0.05, 0.1) is 16.9 Å². The number of hydrogen-bond donors (Lipinski definition) is 1. The Kier molecular flexibility index (Phi) is 5.33. The zero-order valence-electron chi connectivity index (χ0n) is 16.5. The van der Waals surface area contributed by atoms with Crippen LogP contribution < -0.4 is 0 Å². The molecule has 0 radical (unpaired) electrons. The van der Waals surface area contributed by atoms with Crippen LogP contribution in [0.1, 0.15) is 39.0 Å². The van der Waals surface area contributed by atoms with Crippen molar-refractivity contribution in [2.24, 2.45) is 0 Å². The fraction of sp³-hybridized carbons (Fsp3) is 0.429. The minimum Gasteiger partial charge on any atom is -0.411 e. The number of nitrogens with one attached hydrogen (secondary N) is 1. The number of aromatic nitrogens is 3. The molecule has 3 aromatic rings. The van der Waals surface area contributed by atoms with Crippen LogP contribution in [0.4, 0.5) is 0 Å². The molecular formula is C21H23N5O2S. The molecule has 0 aliphatic heterocycles. The number of H-pyrrole nitrogens is 1. The number of nitrogens with zero attached hydrogens (tertiary/aromatic N) is 4. The van der Waals surface area contributed by atoms with Crippen molar-refractivity contribution in [3.05, 3.63) is 30.5 Å². The van der Waals surface area contributed by atoms with Gasteiger partial charge in [0.2, 0.25) is 5.91 Å². The fourth-order valence-corrected chi connectivity index (χ4v) is 4.74. The smallest absolute Gasteiger partial charge is 0.277 e. The lowest BCUT2D eigenvalue weighted by Crippen LogP contribution is -2.52. The predicted octanol–water partition coefficient (Wildman–Crippen LogP) is 4.38.